The highest BCUT2D eigenvalue weighted by Crippen LogP contribution is 2.39. The van der Waals surface area contributed by atoms with E-state index in [2.05, 4.69) is 12.1 Å². The minimum absolute atomic E-state index is 0.123. The molecule has 2 aliphatic rings. The maximum atomic E-state index is 12.0. The van der Waals surface area contributed by atoms with Gasteiger partial charge in [-0.05, 0) is 50.5 Å². The highest BCUT2D eigenvalue weighted by atomic mass is 32.2. The minimum atomic E-state index is -3.08. The van der Waals surface area contributed by atoms with E-state index in [0.717, 1.165) is 45.3 Å². The molecule has 2 fully saturated rings. The van der Waals surface area contributed by atoms with Crippen LogP contribution in [0.25, 0.3) is 0 Å². The molecule has 0 bridgehead atoms. The monoisotopic (exact) mass is 381 g/mol. The van der Waals surface area contributed by atoms with Gasteiger partial charge in [0.1, 0.15) is 0 Å². The molecule has 0 saturated carbocycles. The lowest BCUT2D eigenvalue weighted by molar-refractivity contribution is -0.123. The van der Waals surface area contributed by atoms with Crippen LogP contribution in [-0.4, -0.2) is 50.4 Å². The first-order chi connectivity index (χ1) is 12.5. The van der Waals surface area contributed by atoms with Gasteiger partial charge in [-0.1, -0.05) is 30.3 Å². The van der Waals surface area contributed by atoms with Gasteiger partial charge in [0.2, 0.25) is 10.0 Å². The van der Waals surface area contributed by atoms with Crippen molar-refractivity contribution >= 4 is 10.0 Å². The molecule has 1 unspecified atom stereocenters. The van der Waals surface area contributed by atoms with Crippen molar-refractivity contribution in [3.8, 4) is 0 Å². The Morgan fingerprint density at radius 1 is 1.23 bits per heavy atom. The third-order valence-electron chi connectivity index (χ3n) is 5.77. The lowest BCUT2D eigenvalue weighted by Gasteiger charge is -2.45. The molecular formula is C20H31NO4S. The predicted octanol–water partition coefficient (Wildman–Crippen LogP) is 3.20. The van der Waals surface area contributed by atoms with Gasteiger partial charge < -0.3 is 9.47 Å². The summed E-state index contributed by atoms with van der Waals surface area (Å²) in [5.74, 6) is 0.788. The van der Waals surface area contributed by atoms with Crippen LogP contribution < -0.4 is 0 Å². The summed E-state index contributed by atoms with van der Waals surface area (Å²) < 4.78 is 37.7. The van der Waals surface area contributed by atoms with Gasteiger partial charge in [-0.2, -0.15) is 0 Å². The fourth-order valence-corrected chi connectivity index (χ4v) is 5.20. The number of nitrogens with zero attached hydrogens (tertiary/aromatic N) is 1. The lowest BCUT2D eigenvalue weighted by Crippen LogP contribution is -2.51. The molecule has 0 radical (unpaired) electrons. The van der Waals surface area contributed by atoms with E-state index in [1.54, 1.807) is 11.2 Å². The van der Waals surface area contributed by atoms with Gasteiger partial charge in [-0.25, -0.2) is 12.7 Å². The Labute approximate surface area is 157 Å². The Kier molecular flexibility index (Phi) is 6.72. The summed E-state index contributed by atoms with van der Waals surface area (Å²) in [5.41, 5.74) is 1.09. The summed E-state index contributed by atoms with van der Waals surface area (Å²) in [6.45, 7) is 5.11. The van der Waals surface area contributed by atoms with Crippen LogP contribution in [0, 0.1) is 5.92 Å². The van der Waals surface area contributed by atoms with E-state index in [9.17, 15) is 8.42 Å². The molecular weight excluding hydrogens is 350 g/mol. The van der Waals surface area contributed by atoms with Crippen molar-refractivity contribution < 1.29 is 17.9 Å². The molecule has 1 spiro atoms. The van der Waals surface area contributed by atoms with Crippen molar-refractivity contribution in [2.75, 3.05) is 32.1 Å². The number of piperidine rings is 1. The van der Waals surface area contributed by atoms with Crippen molar-refractivity contribution in [1.29, 1.82) is 0 Å². The van der Waals surface area contributed by atoms with Crippen LogP contribution in [-0.2, 0) is 26.1 Å². The first kappa shape index (κ1) is 19.8. The Bertz CT molecular complexity index is 654. The van der Waals surface area contributed by atoms with Crippen LogP contribution in [0.2, 0.25) is 0 Å². The molecule has 0 aliphatic carbocycles. The van der Waals surface area contributed by atoms with Crippen LogP contribution in [0.1, 0.15) is 44.6 Å². The maximum absolute atomic E-state index is 12.0. The van der Waals surface area contributed by atoms with E-state index in [1.165, 1.54) is 5.56 Å². The van der Waals surface area contributed by atoms with Crippen LogP contribution in [0.5, 0.6) is 0 Å². The van der Waals surface area contributed by atoms with E-state index in [0.29, 0.717) is 25.6 Å². The summed E-state index contributed by atoms with van der Waals surface area (Å²) in [6, 6.07) is 10.3. The largest absolute Gasteiger partial charge is 0.377 e. The van der Waals surface area contributed by atoms with Gasteiger partial charge in [-0.3, -0.25) is 0 Å². The number of rotatable bonds is 7. The van der Waals surface area contributed by atoms with Gasteiger partial charge in [0.15, 0.2) is 0 Å². The average Bonchev–Trinajstić information content (AvgIpc) is 2.67. The minimum Gasteiger partial charge on any atom is -0.377 e. The third-order valence-corrected chi connectivity index (χ3v) is 7.65. The van der Waals surface area contributed by atoms with Crippen LogP contribution >= 0.6 is 0 Å². The third kappa shape index (κ3) is 5.06. The maximum Gasteiger partial charge on any atom is 0.213 e. The number of sulfonamides is 1. The van der Waals surface area contributed by atoms with Crippen LogP contribution in [0.3, 0.4) is 0 Å². The van der Waals surface area contributed by atoms with Gasteiger partial charge in [0, 0.05) is 26.3 Å². The predicted molar refractivity (Wildman–Crippen MR) is 102 cm³/mol. The van der Waals surface area contributed by atoms with Crippen molar-refractivity contribution in [2.45, 2.75) is 51.2 Å². The van der Waals surface area contributed by atoms with Gasteiger partial charge in [-0.15, -0.1) is 0 Å². The Hall–Kier alpha value is -0.950. The Morgan fingerprint density at radius 3 is 2.65 bits per heavy atom. The second kappa shape index (κ2) is 8.83. The molecule has 0 amide bonds. The second-order valence-electron chi connectivity index (χ2n) is 7.52. The van der Waals surface area contributed by atoms with E-state index in [1.807, 2.05) is 18.2 Å². The highest BCUT2D eigenvalue weighted by molar-refractivity contribution is 7.89. The fourth-order valence-electron chi connectivity index (χ4n) is 4.09. The van der Waals surface area contributed by atoms with E-state index >= 15 is 0 Å². The lowest BCUT2D eigenvalue weighted by atomic mass is 9.79. The number of ether oxygens (including phenoxy) is 2. The number of benzene rings is 1. The van der Waals surface area contributed by atoms with Crippen molar-refractivity contribution in [2.24, 2.45) is 5.92 Å². The molecule has 5 nitrogen and oxygen atoms in total. The van der Waals surface area contributed by atoms with Gasteiger partial charge in [0.25, 0.3) is 0 Å². The van der Waals surface area contributed by atoms with Gasteiger partial charge >= 0.3 is 0 Å². The summed E-state index contributed by atoms with van der Waals surface area (Å²) in [5, 5.41) is 0. The van der Waals surface area contributed by atoms with E-state index in [-0.39, 0.29) is 11.4 Å². The van der Waals surface area contributed by atoms with Crippen LogP contribution in [0.15, 0.2) is 30.3 Å². The van der Waals surface area contributed by atoms with Crippen LogP contribution in [0.4, 0.5) is 0 Å². The normalized spacial score (nSPS) is 24.0. The van der Waals surface area contributed by atoms with E-state index < -0.39 is 10.0 Å². The average molecular weight is 382 g/mol. The zero-order valence-electron chi connectivity index (χ0n) is 15.7. The first-order valence-electron chi connectivity index (χ1n) is 9.76. The second-order valence-corrected chi connectivity index (χ2v) is 9.77. The molecule has 146 valence electrons. The molecule has 2 aliphatic heterocycles. The van der Waals surface area contributed by atoms with Crippen molar-refractivity contribution in [1.82, 2.24) is 4.31 Å². The smallest absolute Gasteiger partial charge is 0.213 e. The Balaban J connectivity index is 1.43. The molecule has 26 heavy (non-hydrogen) atoms. The summed E-state index contributed by atoms with van der Waals surface area (Å²) in [7, 11) is -3.08. The number of hydrogen-bond acceptors (Lipinski definition) is 4. The molecule has 0 aromatic heterocycles. The highest BCUT2D eigenvalue weighted by Gasteiger charge is 2.41. The molecule has 3 rings (SSSR count). The fraction of sp³-hybridized carbons (Fsp3) is 0.700. The zero-order valence-corrected chi connectivity index (χ0v) is 16.5. The molecule has 1 aromatic rings. The molecule has 2 heterocycles. The standard InChI is InChI=1S/C20H31NO4S/c1-2-26(22,23)21-12-10-20(11-13-21)16-18(9-15-25-20)8-14-24-17-19-6-4-3-5-7-19/h3-7,18H,2,8-17H2,1H3. The summed E-state index contributed by atoms with van der Waals surface area (Å²) in [6.07, 6.45) is 4.78. The molecule has 6 heteroatoms. The Morgan fingerprint density at radius 2 is 1.96 bits per heavy atom. The summed E-state index contributed by atoms with van der Waals surface area (Å²) in [4.78, 5) is 0. The first-order valence-corrected chi connectivity index (χ1v) is 11.4. The zero-order chi connectivity index (χ0) is 18.5. The van der Waals surface area contributed by atoms with Gasteiger partial charge in [0.05, 0.1) is 18.0 Å². The summed E-state index contributed by atoms with van der Waals surface area (Å²) >= 11 is 0. The van der Waals surface area contributed by atoms with Crippen molar-refractivity contribution in [3.05, 3.63) is 35.9 Å². The number of hydrogen-bond donors (Lipinski definition) is 0. The molecule has 2 saturated heterocycles. The van der Waals surface area contributed by atoms with Crippen molar-refractivity contribution in [3.63, 3.8) is 0 Å². The van der Waals surface area contributed by atoms with E-state index in [4.69, 9.17) is 9.47 Å². The molecule has 0 N–H and O–H groups in total. The SMILES string of the molecule is CCS(=O)(=O)N1CCC2(CC1)CC(CCOCc1ccccc1)CCO2. The topological polar surface area (TPSA) is 55.8 Å². The molecule has 1 atom stereocenters. The molecule has 1 aromatic carbocycles. The quantitative estimate of drug-likeness (QED) is 0.681.